The summed E-state index contributed by atoms with van der Waals surface area (Å²) in [6.45, 7) is 11.1. The Balaban J connectivity index is 0.000000340. The molecule has 0 radical (unpaired) electrons. The average molecular weight is 491 g/mol. The Morgan fingerprint density at radius 2 is 1.00 bits per heavy atom. The van der Waals surface area contributed by atoms with Crippen molar-refractivity contribution in [3.63, 3.8) is 0 Å². The summed E-state index contributed by atoms with van der Waals surface area (Å²) in [6, 6.07) is -0.360. The molecule has 0 aromatic carbocycles. The fourth-order valence-corrected chi connectivity index (χ4v) is 3.07. The molecule has 0 aromatic rings. The highest BCUT2D eigenvalue weighted by atomic mass is 16.6. The molecule has 2 amide bonds. The lowest BCUT2D eigenvalue weighted by Crippen LogP contribution is -2.46. The summed E-state index contributed by atoms with van der Waals surface area (Å²) in [7, 11) is 0. The predicted molar refractivity (Wildman–Crippen MR) is 120 cm³/mol. The lowest BCUT2D eigenvalue weighted by Gasteiger charge is -2.28. The Hall–Kier alpha value is -2.60. The van der Waals surface area contributed by atoms with Crippen LogP contribution in [0.3, 0.4) is 0 Å². The van der Waals surface area contributed by atoms with Crippen LogP contribution in [0.25, 0.3) is 0 Å². The lowest BCUT2D eigenvalue weighted by molar-refractivity contribution is -0.154. The number of carboxylic acids is 2. The second-order valence-electron chi connectivity index (χ2n) is 10.2. The van der Waals surface area contributed by atoms with Gasteiger partial charge in [0.25, 0.3) is 0 Å². The van der Waals surface area contributed by atoms with Crippen LogP contribution in [0, 0.1) is 0 Å². The van der Waals surface area contributed by atoms with Crippen molar-refractivity contribution in [1.82, 2.24) is 10.6 Å². The standard InChI is InChI=1S/2C11H19NO5/c2*1-11(2,3)17-10(15)12-7-4-5-8(9(13)14)16-6-7/h2*7-8H,4-6H2,1-3H3,(H,12,15)(H,13,14)/t2*7-,8+/m10/s1. The highest BCUT2D eigenvalue weighted by Crippen LogP contribution is 2.16. The van der Waals surface area contributed by atoms with E-state index in [-0.39, 0.29) is 25.3 Å². The van der Waals surface area contributed by atoms with Gasteiger partial charge < -0.3 is 39.8 Å². The highest BCUT2D eigenvalue weighted by Gasteiger charge is 2.29. The summed E-state index contributed by atoms with van der Waals surface area (Å²) in [5, 5.41) is 22.8. The van der Waals surface area contributed by atoms with Crippen molar-refractivity contribution in [3.05, 3.63) is 0 Å². The molecule has 2 rings (SSSR count). The number of alkyl carbamates (subject to hydrolysis) is 2. The van der Waals surface area contributed by atoms with E-state index in [2.05, 4.69) is 10.6 Å². The fourth-order valence-electron chi connectivity index (χ4n) is 3.07. The van der Waals surface area contributed by atoms with Gasteiger partial charge in [-0.2, -0.15) is 0 Å². The molecule has 0 bridgehead atoms. The number of ether oxygens (including phenoxy) is 4. The number of carbonyl (C=O) groups excluding carboxylic acids is 2. The van der Waals surface area contributed by atoms with E-state index in [4.69, 9.17) is 29.2 Å². The van der Waals surface area contributed by atoms with Gasteiger partial charge in [0.2, 0.25) is 0 Å². The molecule has 0 spiro atoms. The highest BCUT2D eigenvalue weighted by molar-refractivity contribution is 5.73. The first-order chi connectivity index (χ1) is 15.6. The van der Waals surface area contributed by atoms with Crippen molar-refractivity contribution < 1.29 is 48.3 Å². The first kappa shape index (κ1) is 29.4. The summed E-state index contributed by atoms with van der Waals surface area (Å²) < 4.78 is 20.4. The van der Waals surface area contributed by atoms with Gasteiger partial charge in [-0.3, -0.25) is 0 Å². The number of carboxylic acid groups (broad SMARTS) is 2. The lowest BCUT2D eigenvalue weighted by atomic mass is 10.1. The van der Waals surface area contributed by atoms with Gasteiger partial charge in [-0.15, -0.1) is 0 Å². The Morgan fingerprint density at radius 3 is 1.21 bits per heavy atom. The molecule has 0 saturated carbocycles. The minimum absolute atomic E-state index is 0.180. The van der Waals surface area contributed by atoms with Crippen LogP contribution >= 0.6 is 0 Å². The first-order valence-electron chi connectivity index (χ1n) is 11.2. The van der Waals surface area contributed by atoms with E-state index in [0.29, 0.717) is 25.7 Å². The third-order valence-electron chi connectivity index (χ3n) is 4.54. The van der Waals surface area contributed by atoms with Gasteiger partial charge in [0, 0.05) is 0 Å². The molecular weight excluding hydrogens is 452 g/mol. The Kier molecular flexibility index (Phi) is 11.0. The molecule has 2 fully saturated rings. The zero-order chi connectivity index (χ0) is 26.1. The molecule has 196 valence electrons. The minimum Gasteiger partial charge on any atom is -0.479 e. The third-order valence-corrected chi connectivity index (χ3v) is 4.54. The molecule has 2 aliphatic rings. The van der Waals surface area contributed by atoms with E-state index >= 15 is 0 Å². The van der Waals surface area contributed by atoms with Crippen molar-refractivity contribution in [1.29, 1.82) is 0 Å². The topological polar surface area (TPSA) is 170 Å². The molecule has 34 heavy (non-hydrogen) atoms. The number of carbonyl (C=O) groups is 4. The summed E-state index contributed by atoms with van der Waals surface area (Å²) in [4.78, 5) is 44.1. The second kappa shape index (κ2) is 12.7. The van der Waals surface area contributed by atoms with E-state index < -0.39 is 47.5 Å². The van der Waals surface area contributed by atoms with Gasteiger partial charge in [-0.1, -0.05) is 0 Å². The van der Waals surface area contributed by atoms with Crippen molar-refractivity contribution in [3.8, 4) is 0 Å². The molecule has 4 atom stereocenters. The number of hydrogen-bond acceptors (Lipinski definition) is 8. The molecular formula is C22H38N2O10. The van der Waals surface area contributed by atoms with Crippen molar-refractivity contribution in [2.24, 2.45) is 0 Å². The van der Waals surface area contributed by atoms with E-state index in [0.717, 1.165) is 0 Å². The quantitative estimate of drug-likeness (QED) is 0.458. The Labute approximate surface area is 199 Å². The van der Waals surface area contributed by atoms with E-state index in [1.54, 1.807) is 41.5 Å². The summed E-state index contributed by atoms with van der Waals surface area (Å²) in [6.07, 6.45) is -0.559. The van der Waals surface area contributed by atoms with Crippen LogP contribution < -0.4 is 10.6 Å². The van der Waals surface area contributed by atoms with Crippen LogP contribution in [0.1, 0.15) is 67.2 Å². The summed E-state index contributed by atoms with van der Waals surface area (Å²) >= 11 is 0. The van der Waals surface area contributed by atoms with E-state index in [9.17, 15) is 19.2 Å². The van der Waals surface area contributed by atoms with Gasteiger partial charge in [-0.05, 0) is 67.2 Å². The molecule has 2 heterocycles. The van der Waals surface area contributed by atoms with Crippen molar-refractivity contribution in [2.75, 3.05) is 13.2 Å². The van der Waals surface area contributed by atoms with Crippen LogP contribution in [0.4, 0.5) is 9.59 Å². The molecule has 12 heteroatoms. The Morgan fingerprint density at radius 1 is 0.676 bits per heavy atom. The van der Waals surface area contributed by atoms with E-state index in [1.807, 2.05) is 0 Å². The molecule has 4 N–H and O–H groups in total. The zero-order valence-corrected chi connectivity index (χ0v) is 20.7. The average Bonchev–Trinajstić information content (AvgIpc) is 2.66. The molecule has 2 aliphatic heterocycles. The molecule has 0 aliphatic carbocycles. The number of aliphatic carboxylic acids is 2. The van der Waals surface area contributed by atoms with Gasteiger partial charge >= 0.3 is 24.1 Å². The van der Waals surface area contributed by atoms with Gasteiger partial charge in [0.15, 0.2) is 12.2 Å². The molecule has 12 nitrogen and oxygen atoms in total. The largest absolute Gasteiger partial charge is 0.479 e. The van der Waals surface area contributed by atoms with Crippen LogP contribution in [-0.4, -0.2) is 83.0 Å². The van der Waals surface area contributed by atoms with Crippen LogP contribution in [0.5, 0.6) is 0 Å². The van der Waals surface area contributed by atoms with Crippen LogP contribution in [-0.2, 0) is 28.5 Å². The maximum atomic E-state index is 11.4. The van der Waals surface area contributed by atoms with Crippen LogP contribution in [0.15, 0.2) is 0 Å². The smallest absolute Gasteiger partial charge is 0.407 e. The third kappa shape index (κ3) is 12.6. The number of nitrogens with one attached hydrogen (secondary N) is 2. The van der Waals surface area contributed by atoms with Crippen molar-refractivity contribution >= 4 is 24.1 Å². The molecule has 0 unspecified atom stereocenters. The summed E-state index contributed by atoms with van der Waals surface area (Å²) in [5.74, 6) is -1.92. The molecule has 2 saturated heterocycles. The van der Waals surface area contributed by atoms with Crippen molar-refractivity contribution in [2.45, 2.75) is 103 Å². The van der Waals surface area contributed by atoms with Gasteiger partial charge in [-0.25, -0.2) is 19.2 Å². The predicted octanol–water partition coefficient (Wildman–Crippen LogP) is 2.29. The zero-order valence-electron chi connectivity index (χ0n) is 20.7. The summed E-state index contributed by atoms with van der Waals surface area (Å²) in [5.41, 5.74) is -1.08. The monoisotopic (exact) mass is 490 g/mol. The maximum Gasteiger partial charge on any atom is 0.407 e. The normalized spacial score (nSPS) is 25.1. The number of hydrogen-bond donors (Lipinski definition) is 4. The molecule has 0 aromatic heterocycles. The maximum absolute atomic E-state index is 11.4. The number of amides is 2. The number of rotatable bonds is 4. The SMILES string of the molecule is CC(C)(C)OC(=O)N[C@@H]1CC[C@@H](C(=O)O)OC1.CC(C)(C)OC(=O)N[C@H]1CC[C@H](C(=O)O)OC1. The van der Waals surface area contributed by atoms with E-state index in [1.165, 1.54) is 0 Å². The van der Waals surface area contributed by atoms with Gasteiger partial charge in [0.05, 0.1) is 25.3 Å². The Bertz CT molecular complexity index is 637. The van der Waals surface area contributed by atoms with Crippen LogP contribution in [0.2, 0.25) is 0 Å². The fraction of sp³-hybridized carbons (Fsp3) is 0.818. The minimum atomic E-state index is -0.958. The van der Waals surface area contributed by atoms with Gasteiger partial charge in [0.1, 0.15) is 11.2 Å². The first-order valence-corrected chi connectivity index (χ1v) is 11.2. The second-order valence-corrected chi connectivity index (χ2v) is 10.2.